The van der Waals surface area contributed by atoms with Gasteiger partial charge in [-0.2, -0.15) is 13.2 Å². The maximum Gasteiger partial charge on any atom is 0.573 e. The maximum atomic E-state index is 12.5. The first-order valence-corrected chi connectivity index (χ1v) is 6.40. The van der Waals surface area contributed by atoms with Gasteiger partial charge in [0.25, 0.3) is 10.0 Å². The SMILES string of the molecule is NCc1cc(C(F)(F)F)nc(S(N)(=O)=O)c1OC(F)(F)F. The van der Waals surface area contributed by atoms with Crippen molar-refractivity contribution >= 4 is 10.0 Å². The average molecular weight is 339 g/mol. The van der Waals surface area contributed by atoms with Crippen LogP contribution in [0.4, 0.5) is 26.3 Å². The van der Waals surface area contributed by atoms with E-state index < -0.39 is 51.1 Å². The number of nitrogens with zero attached hydrogens (tertiary/aromatic N) is 1. The summed E-state index contributed by atoms with van der Waals surface area (Å²) in [7, 11) is -5.01. The molecule has 0 aliphatic carbocycles. The summed E-state index contributed by atoms with van der Waals surface area (Å²) in [4.78, 5) is 2.59. The highest BCUT2D eigenvalue weighted by Gasteiger charge is 2.39. The van der Waals surface area contributed by atoms with Crippen LogP contribution in [0.15, 0.2) is 11.1 Å². The number of pyridine rings is 1. The molecule has 1 heterocycles. The second-order valence-corrected chi connectivity index (χ2v) is 5.07. The Labute approximate surface area is 113 Å². The Hall–Kier alpha value is -1.60. The fourth-order valence-corrected chi connectivity index (χ4v) is 1.93. The zero-order valence-electron chi connectivity index (χ0n) is 9.79. The quantitative estimate of drug-likeness (QED) is 0.802. The van der Waals surface area contributed by atoms with Crippen molar-refractivity contribution in [1.29, 1.82) is 0 Å². The molecule has 0 atom stereocenters. The molecule has 0 unspecified atom stereocenters. The molecule has 0 saturated heterocycles. The normalized spacial score (nSPS) is 13.3. The van der Waals surface area contributed by atoms with Crippen LogP contribution in [-0.4, -0.2) is 19.8 Å². The molecular weight excluding hydrogens is 332 g/mol. The molecule has 0 radical (unpaired) electrons. The van der Waals surface area contributed by atoms with Crippen molar-refractivity contribution in [3.8, 4) is 5.75 Å². The van der Waals surface area contributed by atoms with Crippen LogP contribution in [0.3, 0.4) is 0 Å². The second kappa shape index (κ2) is 5.31. The van der Waals surface area contributed by atoms with Crippen LogP contribution in [0.2, 0.25) is 0 Å². The number of aromatic nitrogens is 1. The zero-order chi connectivity index (χ0) is 16.6. The fourth-order valence-electron chi connectivity index (χ4n) is 1.27. The summed E-state index contributed by atoms with van der Waals surface area (Å²) in [5.41, 5.74) is 2.39. The van der Waals surface area contributed by atoms with Gasteiger partial charge in [0, 0.05) is 12.1 Å². The molecule has 0 fully saturated rings. The number of ether oxygens (including phenoxy) is 1. The van der Waals surface area contributed by atoms with Gasteiger partial charge in [0.1, 0.15) is 5.69 Å². The number of nitrogens with two attached hydrogens (primary N) is 2. The van der Waals surface area contributed by atoms with Gasteiger partial charge in [0.2, 0.25) is 5.03 Å². The minimum atomic E-state index is -5.37. The van der Waals surface area contributed by atoms with E-state index in [1.807, 2.05) is 0 Å². The largest absolute Gasteiger partial charge is 0.573 e. The van der Waals surface area contributed by atoms with E-state index >= 15 is 0 Å². The van der Waals surface area contributed by atoms with E-state index in [-0.39, 0.29) is 6.07 Å². The number of sulfonamides is 1. The summed E-state index contributed by atoms with van der Waals surface area (Å²) >= 11 is 0. The van der Waals surface area contributed by atoms with Gasteiger partial charge in [-0.1, -0.05) is 0 Å². The van der Waals surface area contributed by atoms with Crippen LogP contribution in [0.1, 0.15) is 11.3 Å². The summed E-state index contributed by atoms with van der Waals surface area (Å²) in [5, 5.41) is 2.87. The first-order chi connectivity index (χ1) is 9.25. The first kappa shape index (κ1) is 17.5. The standard InChI is InChI=1S/C8H7F6N3O3S/c9-7(10,11)4-1-3(2-15)5(20-8(12,13)14)6(17-4)21(16,18)19/h1H,2,15H2,(H2,16,18,19). The van der Waals surface area contributed by atoms with Gasteiger partial charge in [-0.3, -0.25) is 0 Å². The zero-order valence-corrected chi connectivity index (χ0v) is 10.6. The van der Waals surface area contributed by atoms with E-state index in [4.69, 9.17) is 5.73 Å². The maximum absolute atomic E-state index is 12.5. The fraction of sp³-hybridized carbons (Fsp3) is 0.375. The minimum Gasteiger partial charge on any atom is -0.402 e. The molecule has 4 N–H and O–H groups in total. The Morgan fingerprint density at radius 1 is 1.19 bits per heavy atom. The molecule has 1 aromatic rings. The highest BCUT2D eigenvalue weighted by atomic mass is 32.2. The number of primary sulfonamides is 1. The molecule has 0 saturated carbocycles. The van der Waals surface area contributed by atoms with Crippen molar-refractivity contribution in [2.24, 2.45) is 10.9 Å². The molecule has 21 heavy (non-hydrogen) atoms. The molecule has 13 heteroatoms. The smallest absolute Gasteiger partial charge is 0.402 e. The van der Waals surface area contributed by atoms with Gasteiger partial charge in [0.05, 0.1) is 0 Å². The van der Waals surface area contributed by atoms with E-state index in [1.54, 1.807) is 0 Å². The highest BCUT2D eigenvalue weighted by Crippen LogP contribution is 2.36. The molecule has 6 nitrogen and oxygen atoms in total. The predicted octanol–water partition coefficient (Wildman–Crippen LogP) is 1.11. The lowest BCUT2D eigenvalue weighted by Crippen LogP contribution is -2.25. The average Bonchev–Trinajstić information content (AvgIpc) is 2.23. The van der Waals surface area contributed by atoms with Gasteiger partial charge in [0.15, 0.2) is 5.75 Å². The number of rotatable bonds is 3. The van der Waals surface area contributed by atoms with E-state index in [9.17, 15) is 34.8 Å². The van der Waals surface area contributed by atoms with Crippen LogP contribution in [0, 0.1) is 0 Å². The summed E-state index contributed by atoms with van der Waals surface area (Å²) < 4.78 is 99.9. The summed E-state index contributed by atoms with van der Waals surface area (Å²) in [5.74, 6) is -1.49. The lowest BCUT2D eigenvalue weighted by Gasteiger charge is -2.17. The van der Waals surface area contributed by atoms with Crippen molar-refractivity contribution in [2.75, 3.05) is 0 Å². The molecule has 1 aromatic heterocycles. The minimum absolute atomic E-state index is 0.149. The van der Waals surface area contributed by atoms with Crippen LogP contribution < -0.4 is 15.6 Å². The third-order valence-electron chi connectivity index (χ3n) is 2.02. The molecule has 0 aliphatic heterocycles. The monoisotopic (exact) mass is 339 g/mol. The van der Waals surface area contributed by atoms with Crippen LogP contribution >= 0.6 is 0 Å². The Morgan fingerprint density at radius 3 is 2.05 bits per heavy atom. The Morgan fingerprint density at radius 2 is 1.71 bits per heavy atom. The Balaban J connectivity index is 3.69. The van der Waals surface area contributed by atoms with Gasteiger partial charge >= 0.3 is 12.5 Å². The molecule has 120 valence electrons. The number of hydrogen-bond donors (Lipinski definition) is 2. The number of hydrogen-bond acceptors (Lipinski definition) is 5. The third kappa shape index (κ3) is 4.44. The van der Waals surface area contributed by atoms with Crippen molar-refractivity contribution in [1.82, 2.24) is 4.98 Å². The van der Waals surface area contributed by atoms with Gasteiger partial charge in [-0.15, -0.1) is 13.2 Å². The van der Waals surface area contributed by atoms with E-state index in [0.717, 1.165) is 0 Å². The number of halogens is 6. The van der Waals surface area contributed by atoms with Crippen molar-refractivity contribution in [3.63, 3.8) is 0 Å². The van der Waals surface area contributed by atoms with E-state index in [1.165, 1.54) is 0 Å². The molecule has 0 bridgehead atoms. The molecule has 0 amide bonds. The van der Waals surface area contributed by atoms with E-state index in [0.29, 0.717) is 0 Å². The number of alkyl halides is 6. The summed E-state index contributed by atoms with van der Waals surface area (Å²) in [6.45, 7) is -0.862. The van der Waals surface area contributed by atoms with Gasteiger partial charge in [-0.25, -0.2) is 18.5 Å². The summed E-state index contributed by atoms with van der Waals surface area (Å²) in [6, 6.07) is 0.149. The van der Waals surface area contributed by atoms with Crippen molar-refractivity contribution in [2.45, 2.75) is 24.1 Å². The molecular formula is C8H7F6N3O3S. The lowest BCUT2D eigenvalue weighted by atomic mass is 10.2. The first-order valence-electron chi connectivity index (χ1n) is 4.85. The van der Waals surface area contributed by atoms with Crippen LogP contribution in [0.25, 0.3) is 0 Å². The molecule has 0 aliphatic rings. The second-order valence-electron chi connectivity index (χ2n) is 3.60. The topological polar surface area (TPSA) is 108 Å². The van der Waals surface area contributed by atoms with E-state index in [2.05, 4.69) is 14.9 Å². The summed E-state index contributed by atoms with van der Waals surface area (Å²) in [6.07, 6.45) is -10.5. The van der Waals surface area contributed by atoms with Crippen LogP contribution in [0.5, 0.6) is 5.75 Å². The van der Waals surface area contributed by atoms with Crippen LogP contribution in [-0.2, 0) is 22.7 Å². The molecule has 1 rings (SSSR count). The van der Waals surface area contributed by atoms with Crippen molar-refractivity contribution in [3.05, 3.63) is 17.3 Å². The molecule has 0 aromatic carbocycles. The lowest BCUT2D eigenvalue weighted by molar-refractivity contribution is -0.276. The Bertz CT molecular complexity index is 640. The third-order valence-corrected chi connectivity index (χ3v) is 2.83. The Kier molecular flexibility index (Phi) is 4.41. The molecule has 0 spiro atoms. The van der Waals surface area contributed by atoms with Gasteiger partial charge < -0.3 is 10.5 Å². The van der Waals surface area contributed by atoms with Crippen molar-refractivity contribution < 1.29 is 39.5 Å². The highest BCUT2D eigenvalue weighted by molar-refractivity contribution is 7.89. The predicted molar refractivity (Wildman–Crippen MR) is 55.2 cm³/mol. The van der Waals surface area contributed by atoms with Gasteiger partial charge in [-0.05, 0) is 6.07 Å².